The normalized spacial score (nSPS) is 11.4. The molecule has 0 aromatic heterocycles. The van der Waals surface area contributed by atoms with E-state index in [2.05, 4.69) is 0 Å². The molecule has 3 aromatic rings. The summed E-state index contributed by atoms with van der Waals surface area (Å²) in [5.74, 6) is -1.35. The lowest BCUT2D eigenvalue weighted by molar-refractivity contribution is -0.148. The Kier molecular flexibility index (Phi) is 6.70. The third kappa shape index (κ3) is 5.38. The van der Waals surface area contributed by atoms with Gasteiger partial charge in [-0.1, -0.05) is 30.3 Å². The minimum atomic E-state index is -1.03. The first-order chi connectivity index (χ1) is 14.4. The highest BCUT2D eigenvalue weighted by Crippen LogP contribution is 2.16. The minimum absolute atomic E-state index is 0.116. The van der Waals surface area contributed by atoms with Gasteiger partial charge < -0.3 is 9.47 Å². The van der Waals surface area contributed by atoms with Crippen molar-refractivity contribution in [3.8, 4) is 5.75 Å². The number of carbonyl (C=O) groups is 3. The molecule has 1 atom stereocenters. The van der Waals surface area contributed by atoms with Gasteiger partial charge in [-0.05, 0) is 55.5 Å². The Morgan fingerprint density at radius 2 is 1.37 bits per heavy atom. The van der Waals surface area contributed by atoms with Gasteiger partial charge in [0.1, 0.15) is 11.6 Å². The van der Waals surface area contributed by atoms with E-state index >= 15 is 0 Å². The Balaban J connectivity index is 1.51. The summed E-state index contributed by atoms with van der Waals surface area (Å²) in [7, 11) is 0. The Hall–Kier alpha value is -3.80. The molecule has 152 valence electrons. The molecule has 0 unspecified atom stereocenters. The molecule has 0 saturated carbocycles. The van der Waals surface area contributed by atoms with E-state index in [1.165, 1.54) is 19.1 Å². The maximum absolute atomic E-state index is 12.9. The van der Waals surface area contributed by atoms with Crippen molar-refractivity contribution >= 4 is 17.5 Å². The molecule has 6 heteroatoms. The van der Waals surface area contributed by atoms with Crippen LogP contribution in [0, 0.1) is 5.82 Å². The van der Waals surface area contributed by atoms with Crippen molar-refractivity contribution in [1.82, 2.24) is 0 Å². The van der Waals surface area contributed by atoms with Gasteiger partial charge in [-0.2, -0.15) is 0 Å². The quantitative estimate of drug-likeness (QED) is 0.413. The highest BCUT2D eigenvalue weighted by molar-refractivity contribution is 6.09. The SMILES string of the molecule is C[C@H](OC(=O)COc1ccc(C(=O)c2ccccc2)cc1)C(=O)c1ccc(F)cc1. The molecule has 0 amide bonds. The predicted molar refractivity (Wildman–Crippen MR) is 108 cm³/mol. The van der Waals surface area contributed by atoms with Crippen molar-refractivity contribution in [3.05, 3.63) is 101 Å². The zero-order valence-corrected chi connectivity index (χ0v) is 16.2. The first kappa shape index (κ1) is 20.9. The third-order valence-electron chi connectivity index (χ3n) is 4.32. The molecule has 0 heterocycles. The van der Waals surface area contributed by atoms with Gasteiger partial charge >= 0.3 is 5.97 Å². The van der Waals surface area contributed by atoms with Crippen molar-refractivity contribution in [1.29, 1.82) is 0 Å². The summed E-state index contributed by atoms with van der Waals surface area (Å²) >= 11 is 0. The number of rotatable bonds is 8. The topological polar surface area (TPSA) is 69.7 Å². The maximum Gasteiger partial charge on any atom is 0.344 e. The van der Waals surface area contributed by atoms with Crippen LogP contribution >= 0.6 is 0 Å². The van der Waals surface area contributed by atoms with Crippen LogP contribution in [-0.4, -0.2) is 30.2 Å². The van der Waals surface area contributed by atoms with Crippen molar-refractivity contribution < 1.29 is 28.2 Å². The molecule has 0 saturated heterocycles. The highest BCUT2D eigenvalue weighted by Gasteiger charge is 2.20. The van der Waals surface area contributed by atoms with Gasteiger partial charge in [-0.3, -0.25) is 9.59 Å². The summed E-state index contributed by atoms with van der Waals surface area (Å²) in [6, 6.07) is 20.2. The van der Waals surface area contributed by atoms with Gasteiger partial charge in [0.15, 0.2) is 18.5 Å². The zero-order valence-electron chi connectivity index (χ0n) is 16.2. The number of hydrogen-bond donors (Lipinski definition) is 0. The fourth-order valence-electron chi connectivity index (χ4n) is 2.73. The fourth-order valence-corrected chi connectivity index (χ4v) is 2.73. The van der Waals surface area contributed by atoms with Crippen LogP contribution in [0.25, 0.3) is 0 Å². The van der Waals surface area contributed by atoms with Crippen molar-refractivity contribution in [2.75, 3.05) is 6.61 Å². The molecule has 0 spiro atoms. The van der Waals surface area contributed by atoms with E-state index in [0.29, 0.717) is 16.9 Å². The molecule has 0 N–H and O–H groups in total. The molecular weight excluding hydrogens is 387 g/mol. The second-order valence-corrected chi connectivity index (χ2v) is 6.51. The van der Waals surface area contributed by atoms with E-state index in [1.807, 2.05) is 6.07 Å². The van der Waals surface area contributed by atoms with Crippen molar-refractivity contribution in [3.63, 3.8) is 0 Å². The van der Waals surface area contributed by atoms with Crippen LogP contribution in [0.2, 0.25) is 0 Å². The molecule has 5 nitrogen and oxygen atoms in total. The molecule has 0 fully saturated rings. The Bertz CT molecular complexity index is 1030. The lowest BCUT2D eigenvalue weighted by Gasteiger charge is -2.13. The molecule has 0 bridgehead atoms. The van der Waals surface area contributed by atoms with E-state index < -0.39 is 30.3 Å². The van der Waals surface area contributed by atoms with Gasteiger partial charge in [-0.15, -0.1) is 0 Å². The predicted octanol–water partition coefficient (Wildman–Crippen LogP) is 4.25. The number of esters is 1. The molecule has 0 aliphatic carbocycles. The van der Waals surface area contributed by atoms with Crippen LogP contribution in [0.4, 0.5) is 4.39 Å². The summed E-state index contributed by atoms with van der Waals surface area (Å²) in [6.07, 6.45) is -1.03. The van der Waals surface area contributed by atoms with Gasteiger partial charge in [0.05, 0.1) is 0 Å². The second-order valence-electron chi connectivity index (χ2n) is 6.51. The lowest BCUT2D eigenvalue weighted by atomic mass is 10.0. The first-order valence-electron chi connectivity index (χ1n) is 9.26. The Morgan fingerprint density at radius 3 is 2.00 bits per heavy atom. The van der Waals surface area contributed by atoms with E-state index in [1.54, 1.807) is 48.5 Å². The largest absolute Gasteiger partial charge is 0.482 e. The fraction of sp³-hybridized carbons (Fsp3) is 0.125. The van der Waals surface area contributed by atoms with Gasteiger partial charge in [0, 0.05) is 16.7 Å². The van der Waals surface area contributed by atoms with Gasteiger partial charge in [0.2, 0.25) is 5.78 Å². The van der Waals surface area contributed by atoms with Gasteiger partial charge in [0.25, 0.3) is 0 Å². The summed E-state index contributed by atoms with van der Waals surface area (Å²) in [4.78, 5) is 36.6. The van der Waals surface area contributed by atoms with E-state index in [0.717, 1.165) is 12.1 Å². The number of hydrogen-bond acceptors (Lipinski definition) is 5. The van der Waals surface area contributed by atoms with E-state index in [9.17, 15) is 18.8 Å². The second kappa shape index (κ2) is 9.60. The molecule has 0 aliphatic rings. The molecule has 0 aliphatic heterocycles. The van der Waals surface area contributed by atoms with Crippen molar-refractivity contribution in [2.45, 2.75) is 13.0 Å². The molecule has 3 rings (SSSR count). The Morgan fingerprint density at radius 1 is 0.800 bits per heavy atom. The average Bonchev–Trinajstić information content (AvgIpc) is 2.78. The lowest BCUT2D eigenvalue weighted by Crippen LogP contribution is -2.27. The van der Waals surface area contributed by atoms with Crippen LogP contribution < -0.4 is 4.74 Å². The molecule has 30 heavy (non-hydrogen) atoms. The van der Waals surface area contributed by atoms with E-state index in [4.69, 9.17) is 9.47 Å². The molecular formula is C24H19FO5. The average molecular weight is 406 g/mol. The summed E-state index contributed by atoms with van der Waals surface area (Å²) in [5.41, 5.74) is 1.32. The minimum Gasteiger partial charge on any atom is -0.482 e. The van der Waals surface area contributed by atoms with Crippen LogP contribution in [0.3, 0.4) is 0 Å². The van der Waals surface area contributed by atoms with Gasteiger partial charge in [-0.25, -0.2) is 9.18 Å². The summed E-state index contributed by atoms with van der Waals surface area (Å²) in [6.45, 7) is 1.04. The number of Topliss-reactive ketones (excluding diaryl/α,β-unsaturated/α-hetero) is 1. The highest BCUT2D eigenvalue weighted by atomic mass is 19.1. The van der Waals surface area contributed by atoms with Crippen LogP contribution in [-0.2, 0) is 9.53 Å². The molecule has 3 aromatic carbocycles. The first-order valence-corrected chi connectivity index (χ1v) is 9.26. The number of halogens is 1. The Labute approximate surface area is 173 Å². The summed E-state index contributed by atoms with van der Waals surface area (Å²) in [5, 5.41) is 0. The van der Waals surface area contributed by atoms with E-state index in [-0.39, 0.29) is 11.3 Å². The third-order valence-corrected chi connectivity index (χ3v) is 4.32. The maximum atomic E-state index is 12.9. The number of carbonyl (C=O) groups excluding carboxylic acids is 3. The smallest absolute Gasteiger partial charge is 0.344 e. The van der Waals surface area contributed by atoms with Crippen LogP contribution in [0.5, 0.6) is 5.75 Å². The van der Waals surface area contributed by atoms with Crippen molar-refractivity contribution in [2.24, 2.45) is 0 Å². The monoisotopic (exact) mass is 406 g/mol. The summed E-state index contributed by atoms with van der Waals surface area (Å²) < 4.78 is 23.4. The van der Waals surface area contributed by atoms with Crippen LogP contribution in [0.15, 0.2) is 78.9 Å². The number of ether oxygens (including phenoxy) is 2. The van der Waals surface area contributed by atoms with Crippen LogP contribution in [0.1, 0.15) is 33.2 Å². The zero-order chi connectivity index (χ0) is 21.5. The molecule has 0 radical (unpaired) electrons. The standard InChI is InChI=1S/C24H19FO5/c1-16(23(27)18-7-11-20(25)12-8-18)30-22(26)15-29-21-13-9-19(10-14-21)24(28)17-5-3-2-4-6-17/h2-14,16H,15H2,1H3/t16-/m0/s1. The number of ketones is 2. The number of benzene rings is 3.